The van der Waals surface area contributed by atoms with Crippen molar-refractivity contribution in [2.24, 2.45) is 0 Å². The number of rotatable bonds is 9. The molecule has 0 spiro atoms. The molecule has 1 saturated heterocycles. The number of nitrogens with one attached hydrogen (secondary N) is 1. The maximum Gasteiger partial charge on any atom is 0.411 e. The molecule has 216 valence electrons. The first kappa shape index (κ1) is 29.5. The van der Waals surface area contributed by atoms with Gasteiger partial charge in [-0.2, -0.15) is 10.4 Å². The van der Waals surface area contributed by atoms with Crippen LogP contribution in [-0.4, -0.2) is 63.1 Å². The molecule has 1 aliphatic carbocycles. The van der Waals surface area contributed by atoms with Gasteiger partial charge in [0.2, 0.25) is 5.91 Å². The number of ether oxygens (including phenoxy) is 2. The van der Waals surface area contributed by atoms with E-state index in [2.05, 4.69) is 16.5 Å². The zero-order valence-corrected chi connectivity index (χ0v) is 23.9. The summed E-state index contributed by atoms with van der Waals surface area (Å²) >= 11 is 0. The fourth-order valence-corrected chi connectivity index (χ4v) is 5.39. The first-order valence-corrected chi connectivity index (χ1v) is 14.2. The maximum absolute atomic E-state index is 15.1. The summed E-state index contributed by atoms with van der Waals surface area (Å²) in [6.45, 7) is 8.43. The predicted octanol–water partition coefficient (Wildman–Crippen LogP) is 4.99. The van der Waals surface area contributed by atoms with Crippen molar-refractivity contribution in [2.75, 3.05) is 6.61 Å². The molecule has 0 bridgehead atoms. The van der Waals surface area contributed by atoms with Crippen molar-refractivity contribution >= 4 is 12.0 Å². The highest BCUT2D eigenvalue weighted by atomic mass is 19.1. The van der Waals surface area contributed by atoms with Crippen LogP contribution >= 0.6 is 0 Å². The lowest BCUT2D eigenvalue weighted by Crippen LogP contribution is -2.54. The van der Waals surface area contributed by atoms with Crippen LogP contribution in [-0.2, 0) is 27.2 Å². The normalized spacial score (nSPS) is 19.1. The Kier molecular flexibility index (Phi) is 9.46. The second-order valence-electron chi connectivity index (χ2n) is 11.8. The lowest BCUT2D eigenvalue weighted by molar-refractivity contribution is -0.127. The molecule has 2 fully saturated rings. The number of benzene rings is 1. The van der Waals surface area contributed by atoms with Gasteiger partial charge in [-0.05, 0) is 70.6 Å². The van der Waals surface area contributed by atoms with E-state index in [-0.39, 0.29) is 18.6 Å². The molecule has 2 heterocycles. The van der Waals surface area contributed by atoms with E-state index in [1.54, 1.807) is 46.0 Å². The fourth-order valence-electron chi connectivity index (χ4n) is 5.39. The van der Waals surface area contributed by atoms with E-state index in [0.29, 0.717) is 17.7 Å². The Balaban J connectivity index is 1.40. The zero-order valence-electron chi connectivity index (χ0n) is 23.9. The van der Waals surface area contributed by atoms with E-state index in [0.717, 1.165) is 50.7 Å². The summed E-state index contributed by atoms with van der Waals surface area (Å²) in [5.74, 6) is -0.937. The minimum atomic E-state index is -0.964. The van der Waals surface area contributed by atoms with E-state index in [9.17, 15) is 14.9 Å². The van der Waals surface area contributed by atoms with Crippen molar-refractivity contribution in [3.05, 3.63) is 42.0 Å². The van der Waals surface area contributed by atoms with Crippen molar-refractivity contribution in [3.63, 3.8) is 0 Å². The van der Waals surface area contributed by atoms with Gasteiger partial charge < -0.3 is 14.8 Å². The minimum absolute atomic E-state index is 0.00474. The van der Waals surface area contributed by atoms with Crippen molar-refractivity contribution in [1.29, 1.82) is 5.26 Å². The Morgan fingerprint density at radius 2 is 2.00 bits per heavy atom. The molecule has 1 saturated carbocycles. The van der Waals surface area contributed by atoms with E-state index in [1.165, 1.54) is 11.0 Å². The number of amides is 2. The molecule has 1 N–H and O–H groups in total. The summed E-state index contributed by atoms with van der Waals surface area (Å²) in [5.41, 5.74) is 1.08. The first-order chi connectivity index (χ1) is 19.0. The number of carbonyl (C=O) groups is 2. The van der Waals surface area contributed by atoms with Crippen molar-refractivity contribution < 1.29 is 23.5 Å². The van der Waals surface area contributed by atoms with Crippen LogP contribution < -0.4 is 5.32 Å². The average molecular weight is 554 g/mol. The Hall–Kier alpha value is -3.45. The second-order valence-corrected chi connectivity index (χ2v) is 11.8. The lowest BCUT2D eigenvalue weighted by atomic mass is 10.0. The van der Waals surface area contributed by atoms with E-state index < -0.39 is 35.5 Å². The topological polar surface area (TPSA) is 109 Å². The molecule has 2 aromatic rings. The van der Waals surface area contributed by atoms with Crippen LogP contribution in [0.5, 0.6) is 0 Å². The number of nitrogens with zero attached hydrogens (tertiary/aromatic N) is 4. The molecule has 4 rings (SSSR count). The van der Waals surface area contributed by atoms with Crippen molar-refractivity contribution in [3.8, 4) is 17.2 Å². The van der Waals surface area contributed by atoms with Gasteiger partial charge in [0.25, 0.3) is 0 Å². The molecule has 0 radical (unpaired) electrons. The fraction of sp³-hybridized carbons (Fsp3) is 0.600. The van der Waals surface area contributed by atoms with E-state index in [1.807, 2.05) is 10.9 Å². The highest BCUT2D eigenvalue weighted by Gasteiger charge is 2.37. The molecule has 1 aliphatic heterocycles. The van der Waals surface area contributed by atoms with E-state index in [4.69, 9.17) is 9.47 Å². The summed E-state index contributed by atoms with van der Waals surface area (Å²) in [6.07, 6.45) is 8.78. The van der Waals surface area contributed by atoms with Gasteiger partial charge in [-0.15, -0.1) is 0 Å². The van der Waals surface area contributed by atoms with E-state index >= 15 is 4.39 Å². The quantitative estimate of drug-likeness (QED) is 0.469. The van der Waals surface area contributed by atoms with Gasteiger partial charge in [-0.1, -0.05) is 25.0 Å². The highest BCUT2D eigenvalue weighted by molar-refractivity contribution is 5.86. The van der Waals surface area contributed by atoms with Crippen LogP contribution in [0.1, 0.15) is 71.8 Å². The number of hydrogen-bond acceptors (Lipinski definition) is 6. The molecule has 10 heteroatoms. The largest absolute Gasteiger partial charge is 0.444 e. The van der Waals surface area contributed by atoms with Crippen LogP contribution in [0, 0.1) is 17.1 Å². The third-order valence-corrected chi connectivity index (χ3v) is 7.45. The summed E-state index contributed by atoms with van der Waals surface area (Å²) in [4.78, 5) is 27.7. The molecule has 40 heavy (non-hydrogen) atoms. The molecule has 1 aromatic carbocycles. The second kappa shape index (κ2) is 12.8. The maximum atomic E-state index is 15.1. The molecule has 9 nitrogen and oxygen atoms in total. The average Bonchev–Trinajstić information content (AvgIpc) is 3.68. The monoisotopic (exact) mass is 553 g/mol. The van der Waals surface area contributed by atoms with Gasteiger partial charge in [-0.25, -0.2) is 9.18 Å². The SMILES string of the molecule is C[C@@H](C(=O)N[C@H](C#N)Cc1ccc(-c2cnn(CC3CCCO3)c2)cc1F)N(C(=O)OC(C)(C)C)C1CCCC1. The summed E-state index contributed by atoms with van der Waals surface area (Å²) in [7, 11) is 0. The Labute approximate surface area is 235 Å². The van der Waals surface area contributed by atoms with Gasteiger partial charge in [0, 0.05) is 30.8 Å². The number of hydrogen-bond donors (Lipinski definition) is 1. The lowest BCUT2D eigenvalue weighted by Gasteiger charge is -2.35. The number of carbonyl (C=O) groups excluding carboxylic acids is 2. The Morgan fingerprint density at radius 1 is 1.25 bits per heavy atom. The van der Waals surface area contributed by atoms with Crippen molar-refractivity contribution in [1.82, 2.24) is 20.0 Å². The van der Waals surface area contributed by atoms with Crippen molar-refractivity contribution in [2.45, 2.75) is 109 Å². The van der Waals surface area contributed by atoms with Crippen LogP contribution in [0.25, 0.3) is 11.1 Å². The van der Waals surface area contributed by atoms with Gasteiger partial charge in [0.05, 0.1) is 24.9 Å². The smallest absolute Gasteiger partial charge is 0.411 e. The molecular weight excluding hydrogens is 513 g/mol. The number of aromatic nitrogens is 2. The third kappa shape index (κ3) is 7.60. The summed E-state index contributed by atoms with van der Waals surface area (Å²) < 4.78 is 28.2. The molecular formula is C30H40FN5O4. The standard InChI is InChI=1S/C30H40FN5O4/c1-20(36(25-8-5-6-9-25)29(38)40-30(2,3)4)28(37)34-24(16-32)14-22-12-11-21(15-27(22)31)23-17-33-35(18-23)19-26-10-7-13-39-26/h11-12,15,17-18,20,24-26H,5-10,13-14,19H2,1-4H3,(H,34,37)/t20-,24-,26?/m0/s1. The Bertz CT molecular complexity index is 1220. The molecule has 1 unspecified atom stereocenters. The van der Waals surface area contributed by atoms with Crippen LogP contribution in [0.4, 0.5) is 9.18 Å². The number of nitriles is 1. The zero-order chi connectivity index (χ0) is 28.9. The van der Waals surface area contributed by atoms with Gasteiger partial charge in [0.1, 0.15) is 23.5 Å². The molecule has 1 aromatic heterocycles. The molecule has 2 aliphatic rings. The predicted molar refractivity (Wildman–Crippen MR) is 148 cm³/mol. The summed E-state index contributed by atoms with van der Waals surface area (Å²) in [5, 5.41) is 16.8. The van der Waals surface area contributed by atoms with Crippen LogP contribution in [0.2, 0.25) is 0 Å². The van der Waals surface area contributed by atoms with Gasteiger partial charge in [0.15, 0.2) is 0 Å². The molecule has 2 amide bonds. The minimum Gasteiger partial charge on any atom is -0.444 e. The third-order valence-electron chi connectivity index (χ3n) is 7.45. The first-order valence-electron chi connectivity index (χ1n) is 14.2. The molecule has 3 atom stereocenters. The van der Waals surface area contributed by atoms with Crippen LogP contribution in [0.15, 0.2) is 30.6 Å². The summed E-state index contributed by atoms with van der Waals surface area (Å²) in [6, 6.07) is 5.00. The van der Waals surface area contributed by atoms with Crippen LogP contribution in [0.3, 0.4) is 0 Å². The number of halogens is 1. The Morgan fingerprint density at radius 3 is 2.62 bits per heavy atom. The van der Waals surface area contributed by atoms with Gasteiger partial charge >= 0.3 is 6.09 Å². The highest BCUT2D eigenvalue weighted by Crippen LogP contribution is 2.28. The van der Waals surface area contributed by atoms with Gasteiger partial charge in [-0.3, -0.25) is 14.4 Å².